The van der Waals surface area contributed by atoms with Gasteiger partial charge >= 0.3 is 0 Å². The number of nitrogens with one attached hydrogen (secondary N) is 1. The molecule has 0 saturated carbocycles. The third kappa shape index (κ3) is 3.86. The highest BCUT2D eigenvalue weighted by atomic mass is 16.5. The number of nitrogens with two attached hydrogens (primary N) is 1. The topological polar surface area (TPSA) is 73.6 Å². The molecule has 1 rings (SSSR count). The smallest absolute Gasteiger partial charge is 0.231 e. The highest BCUT2D eigenvalue weighted by Crippen LogP contribution is 2.33. The Kier molecular flexibility index (Phi) is 5.63. The lowest BCUT2D eigenvalue weighted by molar-refractivity contribution is -0.117. The van der Waals surface area contributed by atoms with Crippen LogP contribution in [0.1, 0.15) is 16.7 Å². The molecule has 1 amide bonds. The Hall–Kier alpha value is -1.75. The molecular formula is C14H22N2O3. The largest absolute Gasteiger partial charge is 0.496 e. The minimum Gasteiger partial charge on any atom is -0.496 e. The van der Waals surface area contributed by atoms with Gasteiger partial charge in [-0.3, -0.25) is 4.79 Å². The lowest BCUT2D eigenvalue weighted by Crippen LogP contribution is -2.30. The van der Waals surface area contributed by atoms with Crippen LogP contribution in [-0.2, 0) is 11.2 Å². The molecule has 0 fully saturated rings. The number of primary amides is 1. The van der Waals surface area contributed by atoms with Crippen LogP contribution in [0, 0.1) is 13.8 Å². The number of hydrogen-bond donors (Lipinski definition) is 2. The van der Waals surface area contributed by atoms with Gasteiger partial charge in [0.15, 0.2) is 0 Å². The van der Waals surface area contributed by atoms with Crippen molar-refractivity contribution in [3.05, 3.63) is 22.8 Å². The van der Waals surface area contributed by atoms with Gasteiger partial charge in [-0.25, -0.2) is 0 Å². The van der Waals surface area contributed by atoms with Crippen LogP contribution in [-0.4, -0.2) is 33.2 Å². The maximum atomic E-state index is 10.6. The van der Waals surface area contributed by atoms with E-state index in [9.17, 15) is 4.79 Å². The predicted octanol–water partition coefficient (Wildman–Crippen LogP) is 0.938. The Balaban J connectivity index is 2.86. The van der Waals surface area contributed by atoms with Crippen molar-refractivity contribution in [3.8, 4) is 11.5 Å². The van der Waals surface area contributed by atoms with Crippen LogP contribution >= 0.6 is 0 Å². The number of benzene rings is 1. The second-order valence-electron chi connectivity index (χ2n) is 4.41. The SMILES string of the molecule is COc1cc(CCNCC(N)=O)c(OC)c(C)c1C. The molecule has 1 aromatic carbocycles. The fourth-order valence-electron chi connectivity index (χ4n) is 2.04. The summed E-state index contributed by atoms with van der Waals surface area (Å²) in [6, 6.07) is 1.98. The second-order valence-corrected chi connectivity index (χ2v) is 4.41. The van der Waals surface area contributed by atoms with Gasteiger partial charge in [0.25, 0.3) is 0 Å². The molecule has 3 N–H and O–H groups in total. The number of ether oxygens (including phenoxy) is 2. The van der Waals surface area contributed by atoms with Crippen molar-refractivity contribution in [2.24, 2.45) is 5.73 Å². The van der Waals surface area contributed by atoms with Crippen LogP contribution < -0.4 is 20.5 Å². The van der Waals surface area contributed by atoms with E-state index >= 15 is 0 Å². The molecule has 0 aliphatic heterocycles. The van der Waals surface area contributed by atoms with Crippen LogP contribution in [0.25, 0.3) is 0 Å². The van der Waals surface area contributed by atoms with E-state index in [1.54, 1.807) is 14.2 Å². The molecule has 0 unspecified atom stereocenters. The predicted molar refractivity (Wildman–Crippen MR) is 74.8 cm³/mol. The highest BCUT2D eigenvalue weighted by molar-refractivity contribution is 5.75. The zero-order chi connectivity index (χ0) is 14.4. The summed E-state index contributed by atoms with van der Waals surface area (Å²) in [7, 11) is 3.32. The molecule has 0 aliphatic rings. The normalized spacial score (nSPS) is 10.3. The Morgan fingerprint density at radius 3 is 2.47 bits per heavy atom. The number of carbonyl (C=O) groups is 1. The van der Waals surface area contributed by atoms with Crippen LogP contribution in [0.2, 0.25) is 0 Å². The van der Waals surface area contributed by atoms with Crippen molar-refractivity contribution in [3.63, 3.8) is 0 Å². The number of carbonyl (C=O) groups excluding carboxylic acids is 1. The average Bonchev–Trinajstić information content (AvgIpc) is 2.38. The summed E-state index contributed by atoms with van der Waals surface area (Å²) in [4.78, 5) is 10.6. The molecule has 0 aromatic heterocycles. The monoisotopic (exact) mass is 266 g/mol. The number of methoxy groups -OCH3 is 2. The summed E-state index contributed by atoms with van der Waals surface area (Å²) in [6.07, 6.45) is 0.744. The standard InChI is InChI=1S/C14H22N2O3/c1-9-10(2)14(19-4)11(7-12(9)18-3)5-6-16-8-13(15)17/h7,16H,5-6,8H2,1-4H3,(H2,15,17). The molecule has 106 valence electrons. The summed E-state index contributed by atoms with van der Waals surface area (Å²) >= 11 is 0. The lowest BCUT2D eigenvalue weighted by atomic mass is 10.0. The number of rotatable bonds is 7. The average molecular weight is 266 g/mol. The van der Waals surface area contributed by atoms with Crippen molar-refractivity contribution in [2.45, 2.75) is 20.3 Å². The molecule has 0 saturated heterocycles. The first-order valence-electron chi connectivity index (χ1n) is 6.21. The van der Waals surface area contributed by atoms with Gasteiger partial charge in [-0.1, -0.05) is 0 Å². The van der Waals surface area contributed by atoms with Crippen molar-refractivity contribution in [1.82, 2.24) is 5.32 Å². The van der Waals surface area contributed by atoms with E-state index in [1.165, 1.54) is 0 Å². The minimum atomic E-state index is -0.357. The zero-order valence-electron chi connectivity index (χ0n) is 12.0. The first-order valence-corrected chi connectivity index (χ1v) is 6.21. The van der Waals surface area contributed by atoms with Gasteiger partial charge in [-0.05, 0) is 49.6 Å². The van der Waals surface area contributed by atoms with Crippen LogP contribution in [0.5, 0.6) is 11.5 Å². The number of hydrogen-bond acceptors (Lipinski definition) is 4. The summed E-state index contributed by atoms with van der Waals surface area (Å²) in [6.45, 7) is 4.86. The quantitative estimate of drug-likeness (QED) is 0.720. The van der Waals surface area contributed by atoms with Crippen LogP contribution in [0.15, 0.2) is 6.07 Å². The van der Waals surface area contributed by atoms with Gasteiger partial charge in [0.1, 0.15) is 11.5 Å². The van der Waals surface area contributed by atoms with E-state index < -0.39 is 0 Å². The fraction of sp³-hybridized carbons (Fsp3) is 0.500. The molecule has 5 nitrogen and oxygen atoms in total. The molecule has 19 heavy (non-hydrogen) atoms. The Bertz CT molecular complexity index is 458. The Morgan fingerprint density at radius 2 is 1.95 bits per heavy atom. The minimum absolute atomic E-state index is 0.185. The van der Waals surface area contributed by atoms with Crippen molar-refractivity contribution in [1.29, 1.82) is 0 Å². The maximum absolute atomic E-state index is 10.6. The van der Waals surface area contributed by atoms with E-state index in [1.807, 2.05) is 19.9 Å². The summed E-state index contributed by atoms with van der Waals surface area (Å²) < 4.78 is 10.8. The van der Waals surface area contributed by atoms with Crippen LogP contribution in [0.4, 0.5) is 0 Å². The Morgan fingerprint density at radius 1 is 1.26 bits per heavy atom. The van der Waals surface area contributed by atoms with E-state index in [-0.39, 0.29) is 12.5 Å². The van der Waals surface area contributed by atoms with Gasteiger partial charge in [0, 0.05) is 0 Å². The van der Waals surface area contributed by atoms with Gasteiger partial charge in [-0.15, -0.1) is 0 Å². The van der Waals surface area contributed by atoms with E-state index in [0.29, 0.717) is 6.54 Å². The van der Waals surface area contributed by atoms with Gasteiger partial charge in [0.2, 0.25) is 5.91 Å². The molecule has 0 radical (unpaired) electrons. The summed E-state index contributed by atoms with van der Waals surface area (Å²) in [5.74, 6) is 1.37. The molecule has 0 atom stereocenters. The summed E-state index contributed by atoms with van der Waals surface area (Å²) in [5.41, 5.74) is 8.28. The second kappa shape index (κ2) is 6.99. The van der Waals surface area contributed by atoms with E-state index in [0.717, 1.165) is 34.6 Å². The lowest BCUT2D eigenvalue weighted by Gasteiger charge is -2.17. The maximum Gasteiger partial charge on any atom is 0.231 e. The number of amides is 1. The van der Waals surface area contributed by atoms with E-state index in [2.05, 4.69) is 5.32 Å². The van der Waals surface area contributed by atoms with Crippen molar-refractivity contribution < 1.29 is 14.3 Å². The summed E-state index contributed by atoms with van der Waals surface area (Å²) in [5, 5.41) is 2.99. The Labute approximate surface area is 114 Å². The highest BCUT2D eigenvalue weighted by Gasteiger charge is 2.13. The fourth-order valence-corrected chi connectivity index (χ4v) is 2.04. The van der Waals surface area contributed by atoms with E-state index in [4.69, 9.17) is 15.2 Å². The molecule has 0 heterocycles. The van der Waals surface area contributed by atoms with Crippen molar-refractivity contribution in [2.75, 3.05) is 27.3 Å². The molecule has 1 aromatic rings. The molecular weight excluding hydrogens is 244 g/mol. The molecule has 0 bridgehead atoms. The molecule has 0 spiro atoms. The van der Waals surface area contributed by atoms with Gasteiger partial charge in [0.05, 0.1) is 20.8 Å². The third-order valence-corrected chi connectivity index (χ3v) is 3.16. The van der Waals surface area contributed by atoms with Crippen molar-refractivity contribution >= 4 is 5.91 Å². The van der Waals surface area contributed by atoms with Gasteiger partial charge < -0.3 is 20.5 Å². The molecule has 0 aliphatic carbocycles. The third-order valence-electron chi connectivity index (χ3n) is 3.16. The first kappa shape index (κ1) is 15.3. The van der Waals surface area contributed by atoms with Crippen LogP contribution in [0.3, 0.4) is 0 Å². The molecule has 5 heteroatoms. The van der Waals surface area contributed by atoms with Gasteiger partial charge in [-0.2, -0.15) is 0 Å². The first-order chi connectivity index (χ1) is 9.01. The zero-order valence-corrected chi connectivity index (χ0v) is 12.0.